The first-order valence-corrected chi connectivity index (χ1v) is 4.66. The largest absolute Gasteiger partial charge is 0.390 e. The van der Waals surface area contributed by atoms with Crippen molar-refractivity contribution < 1.29 is 5.11 Å². The van der Waals surface area contributed by atoms with Gasteiger partial charge in [-0.25, -0.2) is 0 Å². The van der Waals surface area contributed by atoms with Gasteiger partial charge in [-0.1, -0.05) is 12.8 Å². The molecule has 0 aromatic carbocycles. The minimum Gasteiger partial charge on any atom is -0.390 e. The summed E-state index contributed by atoms with van der Waals surface area (Å²) in [6.07, 6.45) is 6.47. The van der Waals surface area contributed by atoms with E-state index in [1.807, 2.05) is 0 Å². The van der Waals surface area contributed by atoms with E-state index >= 15 is 0 Å². The SMILES string of the molecule is NC1CCC(O)(CC2CC2)C1. The van der Waals surface area contributed by atoms with Crippen molar-refractivity contribution in [3.63, 3.8) is 0 Å². The molecule has 0 aliphatic heterocycles. The normalized spacial score (nSPS) is 44.7. The highest BCUT2D eigenvalue weighted by Crippen LogP contribution is 2.42. The van der Waals surface area contributed by atoms with Gasteiger partial charge < -0.3 is 10.8 Å². The molecule has 2 atom stereocenters. The first-order chi connectivity index (χ1) is 5.18. The van der Waals surface area contributed by atoms with Gasteiger partial charge in [0.1, 0.15) is 0 Å². The fourth-order valence-corrected chi connectivity index (χ4v) is 2.19. The fourth-order valence-electron chi connectivity index (χ4n) is 2.19. The van der Waals surface area contributed by atoms with Crippen molar-refractivity contribution in [2.75, 3.05) is 0 Å². The summed E-state index contributed by atoms with van der Waals surface area (Å²) < 4.78 is 0. The van der Waals surface area contributed by atoms with Crippen LogP contribution in [0.2, 0.25) is 0 Å². The van der Waals surface area contributed by atoms with E-state index < -0.39 is 0 Å². The van der Waals surface area contributed by atoms with Crippen molar-refractivity contribution >= 4 is 0 Å². The molecule has 2 aliphatic carbocycles. The number of rotatable bonds is 2. The van der Waals surface area contributed by atoms with Gasteiger partial charge in [0.2, 0.25) is 0 Å². The van der Waals surface area contributed by atoms with Gasteiger partial charge in [-0.3, -0.25) is 0 Å². The van der Waals surface area contributed by atoms with Crippen LogP contribution in [0, 0.1) is 5.92 Å². The van der Waals surface area contributed by atoms with Crippen LogP contribution < -0.4 is 5.73 Å². The molecule has 0 saturated heterocycles. The molecule has 0 aromatic heterocycles. The molecule has 0 heterocycles. The molecule has 0 bridgehead atoms. The second-order valence-electron chi connectivity index (χ2n) is 4.37. The summed E-state index contributed by atoms with van der Waals surface area (Å²) in [5.74, 6) is 0.824. The van der Waals surface area contributed by atoms with Crippen molar-refractivity contribution in [3.8, 4) is 0 Å². The van der Waals surface area contributed by atoms with E-state index in [0.717, 1.165) is 31.6 Å². The molecule has 2 fully saturated rings. The molecular weight excluding hydrogens is 138 g/mol. The lowest BCUT2D eigenvalue weighted by atomic mass is 9.95. The lowest BCUT2D eigenvalue weighted by Crippen LogP contribution is -2.28. The topological polar surface area (TPSA) is 46.2 Å². The van der Waals surface area contributed by atoms with E-state index in [2.05, 4.69) is 0 Å². The van der Waals surface area contributed by atoms with Gasteiger partial charge in [0, 0.05) is 6.04 Å². The van der Waals surface area contributed by atoms with Crippen molar-refractivity contribution in [1.82, 2.24) is 0 Å². The Morgan fingerprint density at radius 3 is 2.55 bits per heavy atom. The molecule has 0 amide bonds. The molecule has 2 rings (SSSR count). The molecule has 2 saturated carbocycles. The summed E-state index contributed by atoms with van der Waals surface area (Å²) >= 11 is 0. The Hall–Kier alpha value is -0.0800. The van der Waals surface area contributed by atoms with Crippen LogP contribution in [0.1, 0.15) is 38.5 Å². The van der Waals surface area contributed by atoms with E-state index in [9.17, 15) is 5.11 Å². The number of aliphatic hydroxyl groups is 1. The minimum atomic E-state index is -0.374. The number of hydrogen-bond acceptors (Lipinski definition) is 2. The Kier molecular flexibility index (Phi) is 1.69. The molecule has 0 spiro atoms. The summed E-state index contributed by atoms with van der Waals surface area (Å²) in [4.78, 5) is 0. The third-order valence-corrected chi connectivity index (χ3v) is 2.99. The molecular formula is C9H17NO. The van der Waals surface area contributed by atoms with Crippen molar-refractivity contribution in [2.45, 2.75) is 50.2 Å². The lowest BCUT2D eigenvalue weighted by Gasteiger charge is -2.21. The van der Waals surface area contributed by atoms with Crippen LogP contribution in [0.3, 0.4) is 0 Å². The summed E-state index contributed by atoms with van der Waals surface area (Å²) in [5, 5.41) is 9.99. The van der Waals surface area contributed by atoms with E-state index in [1.165, 1.54) is 12.8 Å². The van der Waals surface area contributed by atoms with Gasteiger partial charge in [-0.2, -0.15) is 0 Å². The van der Waals surface area contributed by atoms with Crippen LogP contribution in [-0.2, 0) is 0 Å². The molecule has 3 N–H and O–H groups in total. The van der Waals surface area contributed by atoms with Gasteiger partial charge in [-0.05, 0) is 31.6 Å². The zero-order valence-corrected chi connectivity index (χ0v) is 6.92. The van der Waals surface area contributed by atoms with Crippen LogP contribution in [0.5, 0.6) is 0 Å². The smallest absolute Gasteiger partial charge is 0.0665 e. The van der Waals surface area contributed by atoms with Crippen LogP contribution in [0.25, 0.3) is 0 Å². The zero-order chi connectivity index (χ0) is 7.90. The second kappa shape index (κ2) is 2.46. The fraction of sp³-hybridized carbons (Fsp3) is 1.00. The maximum atomic E-state index is 9.99. The number of nitrogens with two attached hydrogens (primary N) is 1. The molecule has 2 unspecified atom stereocenters. The Bertz CT molecular complexity index is 156. The predicted molar refractivity (Wildman–Crippen MR) is 44.1 cm³/mol. The van der Waals surface area contributed by atoms with Crippen LogP contribution in [0.4, 0.5) is 0 Å². The maximum absolute atomic E-state index is 9.99. The second-order valence-corrected chi connectivity index (χ2v) is 4.37. The Balaban J connectivity index is 1.87. The van der Waals surface area contributed by atoms with E-state index in [-0.39, 0.29) is 11.6 Å². The van der Waals surface area contributed by atoms with E-state index in [0.29, 0.717) is 0 Å². The third-order valence-electron chi connectivity index (χ3n) is 2.99. The van der Waals surface area contributed by atoms with Gasteiger partial charge in [0.05, 0.1) is 5.60 Å². The molecule has 0 aromatic rings. The summed E-state index contributed by atoms with van der Waals surface area (Å²) in [6, 6.07) is 0.263. The van der Waals surface area contributed by atoms with Crippen LogP contribution in [0.15, 0.2) is 0 Å². The first-order valence-electron chi connectivity index (χ1n) is 4.66. The summed E-state index contributed by atoms with van der Waals surface area (Å²) in [7, 11) is 0. The van der Waals surface area contributed by atoms with Crippen molar-refractivity contribution in [2.24, 2.45) is 11.7 Å². The average Bonchev–Trinajstić information content (AvgIpc) is 2.62. The quantitative estimate of drug-likeness (QED) is 0.625. The van der Waals surface area contributed by atoms with Gasteiger partial charge >= 0.3 is 0 Å². The minimum absolute atomic E-state index is 0.263. The Labute approximate surface area is 67.8 Å². The van der Waals surface area contributed by atoms with E-state index in [4.69, 9.17) is 5.73 Å². The van der Waals surface area contributed by atoms with Gasteiger partial charge in [0.15, 0.2) is 0 Å². The Morgan fingerprint density at radius 2 is 2.09 bits per heavy atom. The molecule has 2 nitrogen and oxygen atoms in total. The third kappa shape index (κ3) is 1.74. The lowest BCUT2D eigenvalue weighted by molar-refractivity contribution is 0.0320. The molecule has 2 aliphatic rings. The molecule has 11 heavy (non-hydrogen) atoms. The average molecular weight is 155 g/mol. The van der Waals surface area contributed by atoms with Gasteiger partial charge in [0.25, 0.3) is 0 Å². The molecule has 0 radical (unpaired) electrons. The summed E-state index contributed by atoms with van der Waals surface area (Å²) in [6.45, 7) is 0. The standard InChI is InChI=1S/C9H17NO/c10-8-3-4-9(11,6-8)5-7-1-2-7/h7-8,11H,1-6,10H2. The van der Waals surface area contributed by atoms with Crippen LogP contribution >= 0.6 is 0 Å². The van der Waals surface area contributed by atoms with E-state index in [1.54, 1.807) is 0 Å². The highest BCUT2D eigenvalue weighted by molar-refractivity contribution is 4.94. The maximum Gasteiger partial charge on any atom is 0.0665 e. The highest BCUT2D eigenvalue weighted by atomic mass is 16.3. The Morgan fingerprint density at radius 1 is 1.36 bits per heavy atom. The zero-order valence-electron chi connectivity index (χ0n) is 6.92. The molecule has 2 heteroatoms. The molecule has 64 valence electrons. The van der Waals surface area contributed by atoms with Crippen molar-refractivity contribution in [3.05, 3.63) is 0 Å². The monoisotopic (exact) mass is 155 g/mol. The number of hydrogen-bond donors (Lipinski definition) is 2. The van der Waals surface area contributed by atoms with Gasteiger partial charge in [-0.15, -0.1) is 0 Å². The first kappa shape index (κ1) is 7.56. The highest BCUT2D eigenvalue weighted by Gasteiger charge is 2.40. The van der Waals surface area contributed by atoms with Crippen molar-refractivity contribution in [1.29, 1.82) is 0 Å². The van der Waals surface area contributed by atoms with Crippen LogP contribution in [-0.4, -0.2) is 16.7 Å². The predicted octanol–water partition coefficient (Wildman–Crippen LogP) is 1.03. The summed E-state index contributed by atoms with van der Waals surface area (Å²) in [5.41, 5.74) is 5.37.